The Kier molecular flexibility index (Phi) is 8.84. The van der Waals surface area contributed by atoms with Crippen molar-refractivity contribution in [3.05, 3.63) is 66.0 Å². The third kappa shape index (κ3) is 6.42. The van der Waals surface area contributed by atoms with Crippen LogP contribution in [0.3, 0.4) is 0 Å². The molecule has 3 rings (SSSR count). The zero-order chi connectivity index (χ0) is 22.8. The molecule has 0 unspecified atom stereocenters. The lowest BCUT2D eigenvalue weighted by Crippen LogP contribution is -2.35. The highest BCUT2D eigenvalue weighted by Crippen LogP contribution is 2.17. The Morgan fingerprint density at radius 3 is 2.34 bits per heavy atom. The molecule has 2 aromatic carbocycles. The van der Waals surface area contributed by atoms with E-state index in [2.05, 4.69) is 19.2 Å². The zero-order valence-electron chi connectivity index (χ0n) is 19.2. The lowest BCUT2D eigenvalue weighted by molar-refractivity contribution is -0.132. The van der Waals surface area contributed by atoms with Crippen LogP contribution in [0, 0.1) is 0 Å². The number of aromatic nitrogens is 2. The average molecular weight is 435 g/mol. The summed E-state index contributed by atoms with van der Waals surface area (Å²) < 4.78 is 2.01. The molecule has 32 heavy (non-hydrogen) atoms. The van der Waals surface area contributed by atoms with E-state index in [9.17, 15) is 9.59 Å². The number of rotatable bonds is 12. The van der Waals surface area contributed by atoms with E-state index in [-0.39, 0.29) is 18.4 Å². The summed E-state index contributed by atoms with van der Waals surface area (Å²) in [4.78, 5) is 32.0. The Morgan fingerprint density at radius 2 is 1.62 bits per heavy atom. The standard InChI is InChI=1S/C26H34N4O2/c1-3-18-29(19-4-2)26(32)20-30-23-13-9-8-12-22(23)28-24(30)16-17-27-25(31)15-14-21-10-6-5-7-11-21/h5-13H,3-4,14-20H2,1-2H3,(H,27,31). The van der Waals surface area contributed by atoms with Crippen LogP contribution in [0.1, 0.15) is 44.5 Å². The molecule has 0 bridgehead atoms. The van der Waals surface area contributed by atoms with Crippen molar-refractivity contribution in [2.24, 2.45) is 0 Å². The number of nitrogens with zero attached hydrogens (tertiary/aromatic N) is 3. The van der Waals surface area contributed by atoms with Gasteiger partial charge >= 0.3 is 0 Å². The van der Waals surface area contributed by atoms with Gasteiger partial charge in [0.1, 0.15) is 12.4 Å². The highest BCUT2D eigenvalue weighted by Gasteiger charge is 2.17. The zero-order valence-corrected chi connectivity index (χ0v) is 19.2. The smallest absolute Gasteiger partial charge is 0.242 e. The van der Waals surface area contributed by atoms with Gasteiger partial charge in [-0.25, -0.2) is 4.98 Å². The molecule has 1 N–H and O–H groups in total. The summed E-state index contributed by atoms with van der Waals surface area (Å²) in [6, 6.07) is 17.9. The lowest BCUT2D eigenvalue weighted by atomic mass is 10.1. The van der Waals surface area contributed by atoms with E-state index in [0.717, 1.165) is 54.8 Å². The molecular weight excluding hydrogens is 400 g/mol. The number of para-hydroxylation sites is 2. The number of hydrogen-bond donors (Lipinski definition) is 1. The van der Waals surface area contributed by atoms with Gasteiger partial charge in [0, 0.05) is 32.5 Å². The van der Waals surface area contributed by atoms with Crippen molar-refractivity contribution >= 4 is 22.8 Å². The molecule has 1 heterocycles. The van der Waals surface area contributed by atoms with Crippen molar-refractivity contribution in [2.75, 3.05) is 19.6 Å². The fourth-order valence-electron chi connectivity index (χ4n) is 3.93. The maximum Gasteiger partial charge on any atom is 0.242 e. The number of aryl methyl sites for hydroxylation is 1. The molecule has 0 aliphatic carbocycles. The Balaban J connectivity index is 1.63. The summed E-state index contributed by atoms with van der Waals surface area (Å²) in [6.07, 6.45) is 3.66. The van der Waals surface area contributed by atoms with Gasteiger partial charge in [-0.2, -0.15) is 0 Å². The van der Waals surface area contributed by atoms with Crippen molar-refractivity contribution in [1.82, 2.24) is 19.8 Å². The van der Waals surface area contributed by atoms with E-state index in [1.165, 1.54) is 0 Å². The van der Waals surface area contributed by atoms with Crippen LogP contribution in [-0.2, 0) is 29.0 Å². The summed E-state index contributed by atoms with van der Waals surface area (Å²) in [5.74, 6) is 0.977. The third-order valence-electron chi connectivity index (χ3n) is 5.52. The normalized spacial score (nSPS) is 10.9. The summed E-state index contributed by atoms with van der Waals surface area (Å²) in [5.41, 5.74) is 2.99. The second-order valence-electron chi connectivity index (χ2n) is 8.07. The van der Waals surface area contributed by atoms with E-state index in [0.29, 0.717) is 19.4 Å². The number of amides is 2. The molecule has 0 fully saturated rings. The molecule has 6 heteroatoms. The molecule has 3 aromatic rings. The summed E-state index contributed by atoms with van der Waals surface area (Å²) in [6.45, 7) is 6.50. The first-order valence-corrected chi connectivity index (χ1v) is 11.6. The van der Waals surface area contributed by atoms with Crippen LogP contribution < -0.4 is 5.32 Å². The Bertz CT molecular complexity index is 1010. The van der Waals surface area contributed by atoms with E-state index in [1.807, 2.05) is 64.1 Å². The number of carbonyl (C=O) groups is 2. The molecule has 0 saturated heterocycles. The molecule has 0 atom stereocenters. The first kappa shape index (κ1) is 23.5. The molecular formula is C26H34N4O2. The third-order valence-corrected chi connectivity index (χ3v) is 5.52. The van der Waals surface area contributed by atoms with Gasteiger partial charge in [0.2, 0.25) is 11.8 Å². The first-order chi connectivity index (χ1) is 15.6. The van der Waals surface area contributed by atoms with Gasteiger partial charge in [-0.15, -0.1) is 0 Å². The molecule has 0 spiro atoms. The van der Waals surface area contributed by atoms with Crippen LogP contribution in [0.2, 0.25) is 0 Å². The SMILES string of the molecule is CCCN(CCC)C(=O)Cn1c(CCNC(=O)CCc2ccccc2)nc2ccccc21. The lowest BCUT2D eigenvalue weighted by Gasteiger charge is -2.22. The largest absolute Gasteiger partial charge is 0.356 e. The number of fused-ring (bicyclic) bond motifs is 1. The van der Waals surface area contributed by atoms with Crippen LogP contribution in [0.25, 0.3) is 11.0 Å². The quantitative estimate of drug-likeness (QED) is 0.469. The number of carbonyl (C=O) groups excluding carboxylic acids is 2. The van der Waals surface area contributed by atoms with Gasteiger partial charge in [0.15, 0.2) is 0 Å². The van der Waals surface area contributed by atoms with Gasteiger partial charge < -0.3 is 14.8 Å². The Morgan fingerprint density at radius 1 is 0.938 bits per heavy atom. The van der Waals surface area contributed by atoms with E-state index < -0.39 is 0 Å². The second kappa shape index (κ2) is 12.0. The Labute approximate surface area is 190 Å². The predicted octanol–water partition coefficient (Wildman–Crippen LogP) is 3.98. The van der Waals surface area contributed by atoms with Gasteiger partial charge in [0.25, 0.3) is 0 Å². The van der Waals surface area contributed by atoms with E-state index >= 15 is 0 Å². The van der Waals surface area contributed by atoms with Crippen molar-refractivity contribution < 1.29 is 9.59 Å². The molecule has 0 radical (unpaired) electrons. The van der Waals surface area contributed by atoms with Crippen LogP contribution in [0.5, 0.6) is 0 Å². The minimum absolute atomic E-state index is 0.0321. The molecule has 2 amide bonds. The van der Waals surface area contributed by atoms with E-state index in [4.69, 9.17) is 4.98 Å². The van der Waals surface area contributed by atoms with Crippen molar-refractivity contribution in [3.8, 4) is 0 Å². The summed E-state index contributed by atoms with van der Waals surface area (Å²) in [5, 5.41) is 3.00. The van der Waals surface area contributed by atoms with Crippen LogP contribution in [0.15, 0.2) is 54.6 Å². The van der Waals surface area contributed by atoms with Crippen LogP contribution in [0.4, 0.5) is 0 Å². The maximum absolute atomic E-state index is 13.0. The van der Waals surface area contributed by atoms with Crippen molar-refractivity contribution in [1.29, 1.82) is 0 Å². The molecule has 1 aromatic heterocycles. The first-order valence-electron chi connectivity index (χ1n) is 11.6. The van der Waals surface area contributed by atoms with Gasteiger partial charge in [-0.1, -0.05) is 56.3 Å². The molecule has 0 saturated carbocycles. The van der Waals surface area contributed by atoms with Gasteiger partial charge in [0.05, 0.1) is 11.0 Å². The fourth-order valence-corrected chi connectivity index (χ4v) is 3.93. The fraction of sp³-hybridized carbons (Fsp3) is 0.423. The molecule has 6 nitrogen and oxygen atoms in total. The molecule has 0 aliphatic rings. The van der Waals surface area contributed by atoms with Crippen LogP contribution >= 0.6 is 0 Å². The monoisotopic (exact) mass is 434 g/mol. The summed E-state index contributed by atoms with van der Waals surface area (Å²) >= 11 is 0. The molecule has 0 aliphatic heterocycles. The molecule has 170 valence electrons. The van der Waals surface area contributed by atoms with E-state index in [1.54, 1.807) is 0 Å². The Hall–Kier alpha value is -3.15. The highest BCUT2D eigenvalue weighted by molar-refractivity contribution is 5.81. The second-order valence-corrected chi connectivity index (χ2v) is 8.07. The predicted molar refractivity (Wildman–Crippen MR) is 128 cm³/mol. The van der Waals surface area contributed by atoms with Crippen molar-refractivity contribution in [3.63, 3.8) is 0 Å². The number of benzene rings is 2. The van der Waals surface area contributed by atoms with Gasteiger partial charge in [-0.3, -0.25) is 9.59 Å². The topological polar surface area (TPSA) is 67.2 Å². The number of nitrogens with one attached hydrogen (secondary N) is 1. The average Bonchev–Trinajstić information content (AvgIpc) is 3.15. The maximum atomic E-state index is 13.0. The number of imidazole rings is 1. The van der Waals surface area contributed by atoms with Crippen molar-refractivity contribution in [2.45, 2.75) is 52.5 Å². The minimum atomic E-state index is 0.0321. The van der Waals surface area contributed by atoms with Crippen LogP contribution in [-0.4, -0.2) is 45.9 Å². The van der Waals surface area contributed by atoms with Gasteiger partial charge in [-0.05, 0) is 37.0 Å². The number of hydrogen-bond acceptors (Lipinski definition) is 3. The summed E-state index contributed by atoms with van der Waals surface area (Å²) in [7, 11) is 0. The highest BCUT2D eigenvalue weighted by atomic mass is 16.2. The minimum Gasteiger partial charge on any atom is -0.356 e.